The van der Waals surface area contributed by atoms with Crippen LogP contribution in [-0.2, 0) is 27.9 Å². The van der Waals surface area contributed by atoms with Crippen LogP contribution in [0.25, 0.3) is 0 Å². The summed E-state index contributed by atoms with van der Waals surface area (Å²) in [6.07, 6.45) is 73.5. The van der Waals surface area contributed by atoms with Crippen molar-refractivity contribution in [1.82, 2.24) is 5.32 Å². The second kappa shape index (κ2) is 57.9. The van der Waals surface area contributed by atoms with Gasteiger partial charge in [0.25, 0.3) is 7.82 Å². The zero-order valence-electron chi connectivity index (χ0n) is 52.1. The molecule has 0 aromatic rings. The zero-order valence-corrected chi connectivity index (χ0v) is 53.0. The van der Waals surface area contributed by atoms with Crippen molar-refractivity contribution >= 4 is 19.7 Å². The minimum Gasteiger partial charge on any atom is -0.756 e. The Hall–Kier alpha value is -2.29. The summed E-state index contributed by atoms with van der Waals surface area (Å²) in [6.45, 7) is 6.73. The Bertz CT molecular complexity index is 1520. The van der Waals surface area contributed by atoms with E-state index in [1.807, 2.05) is 33.3 Å². The van der Waals surface area contributed by atoms with Crippen molar-refractivity contribution in [3.8, 4) is 0 Å². The lowest BCUT2D eigenvalue weighted by Crippen LogP contribution is -2.47. The first kappa shape index (κ1) is 75.7. The van der Waals surface area contributed by atoms with E-state index < -0.39 is 26.6 Å². The van der Waals surface area contributed by atoms with Gasteiger partial charge in [-0.05, 0) is 89.5 Å². The molecular formula is C68H127N2O7P. The Balaban J connectivity index is 4.97. The predicted octanol–water partition coefficient (Wildman–Crippen LogP) is 20.0. The van der Waals surface area contributed by atoms with Gasteiger partial charge in [-0.1, -0.05) is 268 Å². The van der Waals surface area contributed by atoms with Crippen molar-refractivity contribution < 1.29 is 37.3 Å². The van der Waals surface area contributed by atoms with Crippen LogP contribution in [0.15, 0.2) is 60.8 Å². The average molecular weight is 1120 g/mol. The number of phosphoric acid groups is 1. The molecule has 0 heterocycles. The van der Waals surface area contributed by atoms with E-state index in [0.29, 0.717) is 17.4 Å². The first-order chi connectivity index (χ1) is 37.9. The van der Waals surface area contributed by atoms with E-state index in [0.717, 1.165) is 89.9 Å². The molecule has 9 nitrogen and oxygen atoms in total. The summed E-state index contributed by atoms with van der Waals surface area (Å²) in [4.78, 5) is 40.0. The highest BCUT2D eigenvalue weighted by atomic mass is 31.2. The number of hydrogen-bond acceptors (Lipinski definition) is 7. The third kappa shape index (κ3) is 58.4. The van der Waals surface area contributed by atoms with Crippen LogP contribution >= 0.6 is 7.82 Å². The molecule has 78 heavy (non-hydrogen) atoms. The second-order valence-electron chi connectivity index (χ2n) is 23.6. The maximum absolute atomic E-state index is 13.5. The lowest BCUT2D eigenvalue weighted by molar-refractivity contribution is -0.870. The first-order valence-corrected chi connectivity index (χ1v) is 34.6. The Morgan fingerprint density at radius 3 is 1.24 bits per heavy atom. The van der Waals surface area contributed by atoms with Crippen molar-refractivity contribution in [2.24, 2.45) is 0 Å². The van der Waals surface area contributed by atoms with Gasteiger partial charge in [-0.3, -0.25) is 14.2 Å². The normalized spacial score (nSPS) is 14.0. The monoisotopic (exact) mass is 1110 g/mol. The van der Waals surface area contributed by atoms with Crippen LogP contribution in [0.5, 0.6) is 0 Å². The molecule has 0 spiro atoms. The number of hydrogen-bond donors (Lipinski definition) is 1. The van der Waals surface area contributed by atoms with Crippen molar-refractivity contribution in [2.75, 3.05) is 40.9 Å². The lowest BCUT2D eigenvalue weighted by atomic mass is 10.0. The van der Waals surface area contributed by atoms with E-state index in [2.05, 4.69) is 74.7 Å². The zero-order chi connectivity index (χ0) is 57.2. The molecule has 0 saturated heterocycles. The molecule has 0 bridgehead atoms. The van der Waals surface area contributed by atoms with E-state index in [1.165, 1.54) is 186 Å². The number of nitrogens with zero attached hydrogens (tertiary/aromatic N) is 1. The van der Waals surface area contributed by atoms with Crippen LogP contribution in [-0.4, -0.2) is 69.4 Å². The van der Waals surface area contributed by atoms with Gasteiger partial charge in [0.05, 0.1) is 33.8 Å². The molecule has 0 saturated carbocycles. The van der Waals surface area contributed by atoms with Gasteiger partial charge in [0.2, 0.25) is 5.91 Å². The molecule has 1 amide bonds. The van der Waals surface area contributed by atoms with Gasteiger partial charge in [0.15, 0.2) is 0 Å². The molecule has 10 heteroatoms. The number of carbonyl (C=O) groups excluding carboxylic acids is 2. The van der Waals surface area contributed by atoms with Gasteiger partial charge in [-0.25, -0.2) is 0 Å². The fraction of sp³-hybridized carbons (Fsp3) is 0.824. The maximum atomic E-state index is 13.5. The molecule has 0 aliphatic rings. The highest BCUT2D eigenvalue weighted by molar-refractivity contribution is 7.45. The van der Waals surface area contributed by atoms with Crippen molar-refractivity contribution in [2.45, 2.75) is 322 Å². The number of rotatable bonds is 60. The Morgan fingerprint density at radius 1 is 0.462 bits per heavy atom. The molecule has 3 unspecified atom stereocenters. The summed E-state index contributed by atoms with van der Waals surface area (Å²) in [5.41, 5.74) is 0. The number of phosphoric ester groups is 1. The van der Waals surface area contributed by atoms with Crippen molar-refractivity contribution in [1.29, 1.82) is 0 Å². The number of nitrogens with one attached hydrogen (secondary N) is 1. The molecule has 0 aromatic carbocycles. The van der Waals surface area contributed by atoms with Gasteiger partial charge in [-0.15, -0.1) is 0 Å². The molecular weight excluding hydrogens is 988 g/mol. The predicted molar refractivity (Wildman–Crippen MR) is 335 cm³/mol. The van der Waals surface area contributed by atoms with Gasteiger partial charge in [0, 0.05) is 12.8 Å². The van der Waals surface area contributed by atoms with Crippen LogP contribution in [0.4, 0.5) is 0 Å². The highest BCUT2D eigenvalue weighted by Crippen LogP contribution is 2.38. The third-order valence-corrected chi connectivity index (χ3v) is 15.6. The van der Waals surface area contributed by atoms with E-state index in [1.54, 1.807) is 0 Å². The molecule has 456 valence electrons. The third-order valence-electron chi connectivity index (χ3n) is 14.7. The second-order valence-corrected chi connectivity index (χ2v) is 25.0. The number of carbonyl (C=O) groups is 2. The number of likely N-dealkylation sites (N-methyl/N-ethyl adjacent to an activating group) is 1. The lowest BCUT2D eigenvalue weighted by Gasteiger charge is -2.30. The van der Waals surface area contributed by atoms with Gasteiger partial charge in [-0.2, -0.15) is 0 Å². The molecule has 1 N–H and O–H groups in total. The van der Waals surface area contributed by atoms with Crippen LogP contribution in [0.2, 0.25) is 0 Å². The van der Waals surface area contributed by atoms with Gasteiger partial charge in [0.1, 0.15) is 19.3 Å². The summed E-state index contributed by atoms with van der Waals surface area (Å²) in [5.74, 6) is -0.542. The van der Waals surface area contributed by atoms with Crippen LogP contribution in [0.3, 0.4) is 0 Å². The first-order valence-electron chi connectivity index (χ1n) is 33.1. The average Bonchev–Trinajstić information content (AvgIpc) is 3.40. The van der Waals surface area contributed by atoms with E-state index in [-0.39, 0.29) is 24.9 Å². The fourth-order valence-electron chi connectivity index (χ4n) is 9.59. The minimum atomic E-state index is -4.70. The molecule has 0 aliphatic heterocycles. The number of allylic oxidation sites excluding steroid dienone is 9. The topological polar surface area (TPSA) is 114 Å². The standard InChI is InChI=1S/C68H127N2O7P/c1-7-10-13-16-19-22-25-27-29-30-31-32-33-34-35-36-37-38-39-40-41-43-46-49-52-55-58-61-68(72)77-66(59-56-53-50-47-44-24-21-18-15-12-9-3)65(64-76-78(73,74)75-63-62-70(4,5)6)69-67(71)60-57-54-51-48-45-42-28-26-23-20-17-14-11-8-2/h11,14,19-20,22-23,27,29,56,59,65-66H,7-10,12-13,15-18,21,24-26,28,30-55,57-58,60-64H2,1-6H3,(H-,69,71,73,74)/b14-11+,22-19-,23-20+,29-27-,59-56-. The fourth-order valence-corrected chi connectivity index (χ4v) is 10.3. The van der Waals surface area contributed by atoms with Crippen LogP contribution in [0, 0.1) is 0 Å². The van der Waals surface area contributed by atoms with E-state index in [4.69, 9.17) is 13.8 Å². The largest absolute Gasteiger partial charge is 0.756 e. The number of ether oxygens (including phenoxy) is 1. The molecule has 3 atom stereocenters. The van der Waals surface area contributed by atoms with Crippen LogP contribution < -0.4 is 10.2 Å². The molecule has 0 rings (SSSR count). The van der Waals surface area contributed by atoms with Gasteiger partial charge >= 0.3 is 5.97 Å². The summed E-state index contributed by atoms with van der Waals surface area (Å²) in [6, 6.07) is -0.891. The Labute approximate surface area is 483 Å². The molecule has 0 aliphatic carbocycles. The molecule has 0 fully saturated rings. The van der Waals surface area contributed by atoms with Crippen LogP contribution in [0.1, 0.15) is 310 Å². The minimum absolute atomic E-state index is 0.0239. The molecule has 0 aromatic heterocycles. The van der Waals surface area contributed by atoms with E-state index in [9.17, 15) is 19.0 Å². The number of quaternary nitrogens is 1. The Kier molecular flexibility index (Phi) is 56.2. The Morgan fingerprint density at radius 2 is 0.821 bits per heavy atom. The quantitative estimate of drug-likeness (QED) is 0.0212. The van der Waals surface area contributed by atoms with Crippen molar-refractivity contribution in [3.05, 3.63) is 60.8 Å². The van der Waals surface area contributed by atoms with Crippen molar-refractivity contribution in [3.63, 3.8) is 0 Å². The summed E-state index contributed by atoms with van der Waals surface area (Å²) < 4.78 is 30.3. The maximum Gasteiger partial charge on any atom is 0.306 e. The number of unbranched alkanes of at least 4 members (excludes halogenated alkanes) is 36. The highest BCUT2D eigenvalue weighted by Gasteiger charge is 2.27. The summed E-state index contributed by atoms with van der Waals surface area (Å²) in [5, 5.41) is 3.03. The number of amides is 1. The van der Waals surface area contributed by atoms with Gasteiger partial charge < -0.3 is 28.5 Å². The smallest absolute Gasteiger partial charge is 0.306 e. The SMILES string of the molecule is CC/C=C/C/C=C/CCCCCCCCCC(=O)NC(COP(=O)([O-])OCC[N+](C)(C)C)C(/C=C\CCCCCCCCCCC)OC(=O)CCCCCCCCCCCCCCCCCCC/C=C\C/C=C\CCCCC. The molecule has 0 radical (unpaired) electrons. The number of esters is 1. The van der Waals surface area contributed by atoms with E-state index >= 15 is 0 Å². The summed E-state index contributed by atoms with van der Waals surface area (Å²) >= 11 is 0. The summed E-state index contributed by atoms with van der Waals surface area (Å²) in [7, 11) is 1.18.